The van der Waals surface area contributed by atoms with Gasteiger partial charge in [0.2, 0.25) is 0 Å². The Morgan fingerprint density at radius 1 is 1.25 bits per heavy atom. The Labute approximate surface area is 125 Å². The summed E-state index contributed by atoms with van der Waals surface area (Å²) in [6, 6.07) is 10.8. The van der Waals surface area contributed by atoms with Crippen LogP contribution >= 0.6 is 0 Å². The Balaban J connectivity index is 2.12. The van der Waals surface area contributed by atoms with Crippen LogP contribution in [0, 0.1) is 0 Å². The average Bonchev–Trinajstić information content (AvgIpc) is 2.80. The van der Waals surface area contributed by atoms with Crippen molar-refractivity contribution in [2.24, 2.45) is 0 Å². The maximum atomic E-state index is 12.6. The smallest absolute Gasteiger partial charge is 0.101 e. The first-order chi connectivity index (χ1) is 9.43. The quantitative estimate of drug-likeness (QED) is 0.774. The van der Waals surface area contributed by atoms with Crippen LogP contribution in [-0.4, -0.2) is 25.8 Å². The van der Waals surface area contributed by atoms with Crippen LogP contribution < -0.4 is 0 Å². The molecule has 1 aromatic rings. The van der Waals surface area contributed by atoms with Crippen molar-refractivity contribution in [2.45, 2.75) is 51.3 Å². The Morgan fingerprint density at radius 2 is 1.90 bits per heavy atom. The number of hydrogen-bond acceptors (Lipinski definition) is 1. The molecule has 2 rings (SSSR count). The van der Waals surface area contributed by atoms with E-state index >= 15 is 0 Å². The third-order valence-corrected chi connectivity index (χ3v) is 5.56. The molecule has 0 fully saturated rings. The van der Waals surface area contributed by atoms with Crippen molar-refractivity contribution in [1.29, 1.82) is 0 Å². The lowest BCUT2D eigenvalue weighted by Crippen LogP contribution is -2.41. The lowest BCUT2D eigenvalue weighted by molar-refractivity contribution is 0.408. The largest absolute Gasteiger partial charge is 0.242 e. The second-order valence-corrected chi connectivity index (χ2v) is 8.52. The van der Waals surface area contributed by atoms with Crippen molar-refractivity contribution in [3.63, 3.8) is 0 Å². The van der Waals surface area contributed by atoms with Gasteiger partial charge in [-0.25, -0.2) is 8.51 Å². The molecule has 0 N–H and O–H groups in total. The zero-order chi connectivity index (χ0) is 14.8. The van der Waals surface area contributed by atoms with Gasteiger partial charge in [0.05, 0.1) is 4.75 Å². The van der Waals surface area contributed by atoms with Crippen LogP contribution in [0.2, 0.25) is 0 Å². The second-order valence-electron chi connectivity index (χ2n) is 6.33. The van der Waals surface area contributed by atoms with E-state index in [1.165, 1.54) is 11.1 Å². The molecule has 0 saturated heterocycles. The minimum absolute atomic E-state index is 0.191. The van der Waals surface area contributed by atoms with E-state index in [1.54, 1.807) is 0 Å². The summed E-state index contributed by atoms with van der Waals surface area (Å²) in [6.45, 7) is 9.13. The second kappa shape index (κ2) is 6.23. The molecular formula is C17H25NOS. The molecule has 0 radical (unpaired) electrons. The third kappa shape index (κ3) is 3.39. The molecule has 1 aliphatic rings. The van der Waals surface area contributed by atoms with Gasteiger partial charge in [-0.05, 0) is 39.2 Å². The van der Waals surface area contributed by atoms with Gasteiger partial charge in [-0.2, -0.15) is 0 Å². The molecule has 0 amide bonds. The van der Waals surface area contributed by atoms with Gasteiger partial charge >= 0.3 is 0 Å². The maximum Gasteiger partial charge on any atom is 0.101 e. The third-order valence-electron chi connectivity index (χ3n) is 3.68. The minimum Gasteiger partial charge on any atom is -0.242 e. The molecule has 1 aliphatic heterocycles. The van der Waals surface area contributed by atoms with Crippen LogP contribution in [0.5, 0.6) is 0 Å². The average molecular weight is 291 g/mol. The van der Waals surface area contributed by atoms with Crippen molar-refractivity contribution in [3.8, 4) is 0 Å². The zero-order valence-electron chi connectivity index (χ0n) is 12.9. The summed E-state index contributed by atoms with van der Waals surface area (Å²) >= 11 is 0. The van der Waals surface area contributed by atoms with Gasteiger partial charge in [0.25, 0.3) is 0 Å². The fraction of sp³-hybridized carbons (Fsp3) is 0.529. The number of benzene rings is 1. The lowest BCUT2D eigenvalue weighted by Gasteiger charge is -2.31. The molecule has 2 nitrogen and oxygen atoms in total. The summed E-state index contributed by atoms with van der Waals surface area (Å²) in [6.07, 6.45) is 4.25. The predicted molar refractivity (Wildman–Crippen MR) is 86.9 cm³/mol. The molecule has 0 saturated carbocycles. The first kappa shape index (κ1) is 15.5. The van der Waals surface area contributed by atoms with Crippen LogP contribution in [0.3, 0.4) is 0 Å². The number of rotatable bonds is 4. The monoisotopic (exact) mass is 291 g/mol. The molecule has 1 aromatic carbocycles. The van der Waals surface area contributed by atoms with E-state index in [9.17, 15) is 4.21 Å². The van der Waals surface area contributed by atoms with Crippen LogP contribution in [0.15, 0.2) is 42.0 Å². The Morgan fingerprint density at radius 3 is 2.45 bits per heavy atom. The van der Waals surface area contributed by atoms with Crippen molar-refractivity contribution in [1.82, 2.24) is 4.31 Å². The van der Waals surface area contributed by atoms with Gasteiger partial charge in [0.15, 0.2) is 0 Å². The molecule has 0 aliphatic carbocycles. The van der Waals surface area contributed by atoms with Crippen molar-refractivity contribution in [2.75, 3.05) is 6.54 Å². The van der Waals surface area contributed by atoms with Gasteiger partial charge < -0.3 is 0 Å². The first-order valence-corrected chi connectivity index (χ1v) is 8.45. The summed E-state index contributed by atoms with van der Waals surface area (Å²) in [5, 5.41) is 0. The van der Waals surface area contributed by atoms with Crippen LogP contribution in [0.4, 0.5) is 0 Å². The van der Waals surface area contributed by atoms with Gasteiger partial charge in [-0.1, -0.05) is 48.9 Å². The van der Waals surface area contributed by atoms with Gasteiger partial charge in [-0.15, -0.1) is 0 Å². The Bertz CT molecular complexity index is 501. The first-order valence-electron chi connectivity index (χ1n) is 7.35. The maximum absolute atomic E-state index is 12.6. The molecule has 1 heterocycles. The molecule has 2 atom stereocenters. The summed E-state index contributed by atoms with van der Waals surface area (Å²) in [5.74, 6) is 0. The standard InChI is InChI=1S/C17H25NOS/c1-5-16-15(13-14-9-7-6-8-10-14)11-12-18(16)20(19)17(2,3)4/h6-11,16H,5,12-13H2,1-4H3/t16-,20-/m0/s1. The molecule has 110 valence electrons. The topological polar surface area (TPSA) is 20.3 Å². The highest BCUT2D eigenvalue weighted by molar-refractivity contribution is 7.84. The fourth-order valence-corrected chi connectivity index (χ4v) is 4.11. The van der Waals surface area contributed by atoms with E-state index < -0.39 is 11.0 Å². The molecule has 0 spiro atoms. The normalized spacial score (nSPS) is 21.8. The van der Waals surface area contributed by atoms with Crippen LogP contribution in [-0.2, 0) is 17.4 Å². The molecule has 0 bridgehead atoms. The predicted octanol–water partition coefficient (Wildman–Crippen LogP) is 3.71. The van der Waals surface area contributed by atoms with Gasteiger partial charge in [0, 0.05) is 12.6 Å². The van der Waals surface area contributed by atoms with Crippen molar-refractivity contribution in [3.05, 3.63) is 47.5 Å². The Kier molecular flexibility index (Phi) is 4.82. The van der Waals surface area contributed by atoms with Gasteiger partial charge in [0.1, 0.15) is 11.0 Å². The summed E-state index contributed by atoms with van der Waals surface area (Å²) in [7, 11) is -0.940. The van der Waals surface area contributed by atoms with Crippen LogP contribution in [0.25, 0.3) is 0 Å². The van der Waals surface area contributed by atoms with Crippen molar-refractivity contribution >= 4 is 11.0 Å². The van der Waals surface area contributed by atoms with E-state index in [0.29, 0.717) is 6.04 Å². The molecular weight excluding hydrogens is 266 g/mol. The molecule has 0 unspecified atom stereocenters. The molecule has 3 heteroatoms. The van der Waals surface area contributed by atoms with Crippen molar-refractivity contribution < 1.29 is 4.21 Å². The highest BCUT2D eigenvalue weighted by Crippen LogP contribution is 2.29. The van der Waals surface area contributed by atoms with E-state index in [-0.39, 0.29) is 4.75 Å². The highest BCUT2D eigenvalue weighted by Gasteiger charge is 2.34. The zero-order valence-corrected chi connectivity index (χ0v) is 13.7. The van der Waals surface area contributed by atoms with E-state index in [4.69, 9.17) is 0 Å². The fourth-order valence-electron chi connectivity index (χ4n) is 2.68. The summed E-state index contributed by atoms with van der Waals surface area (Å²) in [4.78, 5) is 0. The van der Waals surface area contributed by atoms with E-state index in [2.05, 4.69) is 41.6 Å². The van der Waals surface area contributed by atoms with Crippen LogP contribution in [0.1, 0.15) is 39.7 Å². The van der Waals surface area contributed by atoms with E-state index in [1.807, 2.05) is 26.8 Å². The molecule has 0 aromatic heterocycles. The van der Waals surface area contributed by atoms with E-state index in [0.717, 1.165) is 19.4 Å². The summed E-state index contributed by atoms with van der Waals surface area (Å²) in [5.41, 5.74) is 2.75. The summed E-state index contributed by atoms with van der Waals surface area (Å²) < 4.78 is 14.6. The highest BCUT2D eigenvalue weighted by atomic mass is 32.2. The number of nitrogens with zero attached hydrogens (tertiary/aromatic N) is 1. The SMILES string of the molecule is CC[C@H]1C(Cc2ccccc2)=CCN1[S@@](=O)C(C)(C)C. The number of hydrogen-bond donors (Lipinski definition) is 0. The lowest BCUT2D eigenvalue weighted by atomic mass is 9.99. The minimum atomic E-state index is -0.940. The van der Waals surface area contributed by atoms with Gasteiger partial charge in [-0.3, -0.25) is 0 Å². The molecule has 20 heavy (non-hydrogen) atoms. The Hall–Kier alpha value is -0.930.